The summed E-state index contributed by atoms with van der Waals surface area (Å²) in [6.45, 7) is 2.33. The Morgan fingerprint density at radius 1 is 1.74 bits per heavy atom. The largest absolute Gasteiger partial charge is 0.387 e. The second kappa shape index (κ2) is 6.11. The van der Waals surface area contributed by atoms with E-state index in [1.54, 1.807) is 23.9 Å². The number of nitrogens with zero attached hydrogens (tertiary/aromatic N) is 1. The molecule has 6 heteroatoms. The standard InChI is InChI=1S/C13H17ClN2O2S/c1-2-19-10-5-6-13(10,18)8-16-12(17)9-4-3-7-15-11(9)14/h3-4,7,10,18H,2,5-6,8H2,1H3,(H,16,17)/t10-,13+/m0/s1. The van der Waals surface area contributed by atoms with Gasteiger partial charge in [0.15, 0.2) is 0 Å². The molecular formula is C13H17ClN2O2S. The highest BCUT2D eigenvalue weighted by molar-refractivity contribution is 8.00. The van der Waals surface area contributed by atoms with E-state index in [2.05, 4.69) is 17.2 Å². The molecule has 2 N–H and O–H groups in total. The molecule has 0 aliphatic heterocycles. The highest BCUT2D eigenvalue weighted by Crippen LogP contribution is 2.40. The number of aliphatic hydroxyl groups is 1. The zero-order chi connectivity index (χ0) is 13.9. The minimum Gasteiger partial charge on any atom is -0.387 e. The summed E-state index contributed by atoms with van der Waals surface area (Å²) in [6, 6.07) is 3.28. The number of hydrogen-bond acceptors (Lipinski definition) is 4. The maximum atomic E-state index is 12.0. The molecule has 0 unspecified atom stereocenters. The Morgan fingerprint density at radius 2 is 2.53 bits per heavy atom. The fourth-order valence-corrected chi connectivity index (χ4v) is 3.52. The normalized spacial score (nSPS) is 25.7. The van der Waals surface area contributed by atoms with Gasteiger partial charge in [-0.25, -0.2) is 4.98 Å². The summed E-state index contributed by atoms with van der Waals surface area (Å²) in [5.41, 5.74) is -0.447. The molecule has 104 valence electrons. The number of thioether (sulfide) groups is 1. The van der Waals surface area contributed by atoms with Crippen molar-refractivity contribution in [3.63, 3.8) is 0 Å². The van der Waals surface area contributed by atoms with Crippen LogP contribution in [-0.4, -0.2) is 39.1 Å². The summed E-state index contributed by atoms with van der Waals surface area (Å²) in [5, 5.41) is 13.5. The van der Waals surface area contributed by atoms with Crippen molar-refractivity contribution >= 4 is 29.3 Å². The van der Waals surface area contributed by atoms with Crippen LogP contribution in [-0.2, 0) is 0 Å². The van der Waals surface area contributed by atoms with Crippen LogP contribution < -0.4 is 5.32 Å². The zero-order valence-corrected chi connectivity index (χ0v) is 12.3. The number of amides is 1. The van der Waals surface area contributed by atoms with E-state index < -0.39 is 5.60 Å². The van der Waals surface area contributed by atoms with Gasteiger partial charge in [0, 0.05) is 18.0 Å². The van der Waals surface area contributed by atoms with E-state index in [9.17, 15) is 9.90 Å². The van der Waals surface area contributed by atoms with Crippen molar-refractivity contribution in [2.75, 3.05) is 12.3 Å². The van der Waals surface area contributed by atoms with Crippen LogP contribution in [0.1, 0.15) is 30.1 Å². The average Bonchev–Trinajstić information content (AvgIpc) is 2.41. The SMILES string of the molecule is CCS[C@H]1CC[C@@]1(O)CNC(=O)c1cccnc1Cl. The molecule has 4 nitrogen and oxygen atoms in total. The number of aromatic nitrogens is 1. The van der Waals surface area contributed by atoms with Crippen LogP contribution >= 0.6 is 23.4 Å². The van der Waals surface area contributed by atoms with Crippen molar-refractivity contribution in [2.45, 2.75) is 30.6 Å². The third-order valence-electron chi connectivity index (χ3n) is 3.37. The van der Waals surface area contributed by atoms with Gasteiger partial charge in [-0.3, -0.25) is 4.79 Å². The molecule has 1 aliphatic carbocycles. The van der Waals surface area contributed by atoms with Gasteiger partial charge < -0.3 is 10.4 Å². The lowest BCUT2D eigenvalue weighted by Gasteiger charge is -2.45. The lowest BCUT2D eigenvalue weighted by molar-refractivity contribution is -0.0221. The lowest BCUT2D eigenvalue weighted by atomic mass is 9.79. The Kier molecular flexibility index (Phi) is 4.71. The Bertz CT molecular complexity index is 472. The Hall–Kier alpha value is -0.780. The molecule has 1 aliphatic rings. The first-order valence-corrected chi connectivity index (χ1v) is 7.72. The molecule has 1 aromatic rings. The summed E-state index contributed by atoms with van der Waals surface area (Å²) < 4.78 is 0. The van der Waals surface area contributed by atoms with Gasteiger partial charge in [0.2, 0.25) is 0 Å². The molecule has 0 spiro atoms. The summed E-state index contributed by atoms with van der Waals surface area (Å²) in [4.78, 5) is 15.8. The minimum absolute atomic E-state index is 0.181. The Morgan fingerprint density at radius 3 is 3.11 bits per heavy atom. The van der Waals surface area contributed by atoms with Crippen LogP contribution in [0.4, 0.5) is 0 Å². The van der Waals surface area contributed by atoms with Crippen molar-refractivity contribution in [1.82, 2.24) is 10.3 Å². The summed E-state index contributed by atoms with van der Waals surface area (Å²) in [6.07, 6.45) is 3.26. The highest BCUT2D eigenvalue weighted by Gasteiger charge is 2.45. The summed E-state index contributed by atoms with van der Waals surface area (Å²) >= 11 is 7.59. The van der Waals surface area contributed by atoms with E-state index >= 15 is 0 Å². The molecule has 1 heterocycles. The maximum Gasteiger partial charge on any atom is 0.254 e. The van der Waals surface area contributed by atoms with Gasteiger partial charge >= 0.3 is 0 Å². The molecular weight excluding hydrogens is 284 g/mol. The number of carbonyl (C=O) groups excluding carboxylic acids is 1. The summed E-state index contributed by atoms with van der Waals surface area (Å²) in [7, 11) is 0. The predicted molar refractivity (Wildman–Crippen MR) is 77.7 cm³/mol. The van der Waals surface area contributed by atoms with Crippen LogP contribution in [0.15, 0.2) is 18.3 Å². The second-order valence-electron chi connectivity index (χ2n) is 4.61. The van der Waals surface area contributed by atoms with E-state index in [1.165, 1.54) is 6.20 Å². The number of rotatable bonds is 5. The van der Waals surface area contributed by atoms with E-state index in [0.29, 0.717) is 5.56 Å². The van der Waals surface area contributed by atoms with Gasteiger partial charge in [0.25, 0.3) is 5.91 Å². The first-order valence-electron chi connectivity index (χ1n) is 6.29. The summed E-state index contributed by atoms with van der Waals surface area (Å²) in [5.74, 6) is 0.675. The van der Waals surface area contributed by atoms with Gasteiger partial charge in [0.05, 0.1) is 11.2 Å². The number of carbonyl (C=O) groups is 1. The zero-order valence-electron chi connectivity index (χ0n) is 10.7. The number of halogens is 1. The minimum atomic E-state index is -0.787. The number of pyridine rings is 1. The van der Waals surface area contributed by atoms with E-state index in [-0.39, 0.29) is 22.9 Å². The molecule has 0 aromatic carbocycles. The third kappa shape index (κ3) is 3.22. The monoisotopic (exact) mass is 300 g/mol. The Balaban J connectivity index is 1.92. The van der Waals surface area contributed by atoms with Crippen molar-refractivity contribution in [3.05, 3.63) is 29.0 Å². The molecule has 1 aromatic heterocycles. The van der Waals surface area contributed by atoms with Gasteiger partial charge in [-0.2, -0.15) is 11.8 Å². The molecule has 2 rings (SSSR count). The first kappa shape index (κ1) is 14.6. The molecule has 1 fully saturated rings. The predicted octanol–water partition coefficient (Wildman–Crippen LogP) is 2.11. The molecule has 0 saturated heterocycles. The fourth-order valence-electron chi connectivity index (χ4n) is 2.12. The number of hydrogen-bond donors (Lipinski definition) is 2. The quantitative estimate of drug-likeness (QED) is 0.818. The van der Waals surface area contributed by atoms with Crippen LogP contribution in [0.2, 0.25) is 5.15 Å². The average molecular weight is 301 g/mol. The van der Waals surface area contributed by atoms with Gasteiger partial charge in [-0.05, 0) is 30.7 Å². The smallest absolute Gasteiger partial charge is 0.254 e. The van der Waals surface area contributed by atoms with Crippen molar-refractivity contribution in [2.24, 2.45) is 0 Å². The van der Waals surface area contributed by atoms with Gasteiger partial charge in [0.1, 0.15) is 5.15 Å². The fraction of sp³-hybridized carbons (Fsp3) is 0.538. The molecule has 1 amide bonds. The van der Waals surface area contributed by atoms with Crippen LogP contribution in [0.3, 0.4) is 0 Å². The van der Waals surface area contributed by atoms with E-state index in [1.807, 2.05) is 0 Å². The van der Waals surface area contributed by atoms with Crippen LogP contribution in [0, 0.1) is 0 Å². The van der Waals surface area contributed by atoms with E-state index in [4.69, 9.17) is 11.6 Å². The van der Waals surface area contributed by atoms with Crippen LogP contribution in [0.5, 0.6) is 0 Å². The Labute approximate surface area is 121 Å². The maximum absolute atomic E-state index is 12.0. The van der Waals surface area contributed by atoms with Gasteiger partial charge in [-0.1, -0.05) is 18.5 Å². The second-order valence-corrected chi connectivity index (χ2v) is 6.45. The molecule has 19 heavy (non-hydrogen) atoms. The van der Waals surface area contributed by atoms with Crippen molar-refractivity contribution in [1.29, 1.82) is 0 Å². The van der Waals surface area contributed by atoms with Crippen molar-refractivity contribution < 1.29 is 9.90 Å². The third-order valence-corrected chi connectivity index (χ3v) is 5.08. The molecule has 1 saturated carbocycles. The number of nitrogens with one attached hydrogen (secondary N) is 1. The molecule has 0 radical (unpaired) electrons. The topological polar surface area (TPSA) is 62.2 Å². The van der Waals surface area contributed by atoms with Crippen LogP contribution in [0.25, 0.3) is 0 Å². The highest BCUT2D eigenvalue weighted by atomic mass is 35.5. The lowest BCUT2D eigenvalue weighted by Crippen LogP contribution is -2.57. The molecule has 2 atom stereocenters. The first-order chi connectivity index (χ1) is 9.07. The van der Waals surface area contributed by atoms with E-state index in [0.717, 1.165) is 18.6 Å². The molecule has 0 bridgehead atoms. The van der Waals surface area contributed by atoms with Crippen molar-refractivity contribution in [3.8, 4) is 0 Å². The van der Waals surface area contributed by atoms with Gasteiger partial charge in [-0.15, -0.1) is 0 Å².